The number of halogens is 2. The first-order chi connectivity index (χ1) is 11.6. The lowest BCUT2D eigenvalue weighted by molar-refractivity contribution is 0.0210. The summed E-state index contributed by atoms with van der Waals surface area (Å²) < 4.78 is 8.43. The number of likely N-dealkylation sites (N-methyl/N-ethyl adjacent to an activating group) is 1. The van der Waals surface area contributed by atoms with Crippen LogP contribution in [-0.4, -0.2) is 44.2 Å². The van der Waals surface area contributed by atoms with Crippen molar-refractivity contribution in [3.8, 4) is 0 Å². The molecule has 0 aliphatic carbocycles. The van der Waals surface area contributed by atoms with Gasteiger partial charge in [-0.1, -0.05) is 17.7 Å². The number of rotatable bonds is 5. The second-order valence-electron chi connectivity index (χ2n) is 6.76. The predicted octanol–water partition coefficient (Wildman–Crippen LogP) is 4.50. The Morgan fingerprint density at radius 3 is 2.80 bits per heavy atom. The summed E-state index contributed by atoms with van der Waals surface area (Å²) in [4.78, 5) is 22.4. The van der Waals surface area contributed by atoms with E-state index in [1.54, 1.807) is 18.0 Å². The number of amides is 1. The van der Waals surface area contributed by atoms with E-state index < -0.39 is 5.60 Å². The largest absolute Gasteiger partial charge is 0.444 e. The zero-order chi connectivity index (χ0) is 18.8. The van der Waals surface area contributed by atoms with E-state index in [0.717, 1.165) is 14.6 Å². The Labute approximate surface area is 166 Å². The molecule has 6 nitrogen and oxygen atoms in total. The molecule has 1 atom stereocenters. The molecule has 0 unspecified atom stereocenters. The summed E-state index contributed by atoms with van der Waals surface area (Å²) in [5, 5.41) is 1.25. The van der Waals surface area contributed by atoms with Crippen molar-refractivity contribution in [3.05, 3.63) is 33.9 Å². The monoisotopic (exact) mass is 476 g/mol. The SMILES string of the molecule is C=CC[C@H](Cn1cc(I)c2c(Cl)ncnc21)N(C)C(=O)OC(C)(C)C. The van der Waals surface area contributed by atoms with E-state index in [9.17, 15) is 4.79 Å². The first kappa shape index (κ1) is 20.0. The smallest absolute Gasteiger partial charge is 0.410 e. The molecule has 0 aliphatic heterocycles. The zero-order valence-corrected chi connectivity index (χ0v) is 17.7. The molecule has 25 heavy (non-hydrogen) atoms. The number of hydrogen-bond acceptors (Lipinski definition) is 4. The summed E-state index contributed by atoms with van der Waals surface area (Å²) in [6.45, 7) is 9.90. The van der Waals surface area contributed by atoms with Crippen LogP contribution in [0.1, 0.15) is 27.2 Å². The van der Waals surface area contributed by atoms with Crippen LogP contribution >= 0.6 is 34.2 Å². The van der Waals surface area contributed by atoms with Crippen molar-refractivity contribution in [2.75, 3.05) is 7.05 Å². The van der Waals surface area contributed by atoms with Gasteiger partial charge in [0.05, 0.1) is 11.4 Å². The third kappa shape index (κ3) is 4.84. The van der Waals surface area contributed by atoms with Gasteiger partial charge in [-0.2, -0.15) is 0 Å². The molecule has 2 aromatic rings. The summed E-state index contributed by atoms with van der Waals surface area (Å²) in [5.41, 5.74) is 0.205. The van der Waals surface area contributed by atoms with Crippen LogP contribution in [0.25, 0.3) is 11.0 Å². The molecule has 0 aliphatic rings. The van der Waals surface area contributed by atoms with E-state index in [1.807, 2.05) is 31.5 Å². The summed E-state index contributed by atoms with van der Waals surface area (Å²) >= 11 is 8.40. The summed E-state index contributed by atoms with van der Waals surface area (Å²) in [5.74, 6) is 0. The number of carbonyl (C=O) groups excluding carboxylic acids is 1. The van der Waals surface area contributed by atoms with E-state index in [0.29, 0.717) is 18.1 Å². The Morgan fingerprint density at radius 2 is 2.20 bits per heavy atom. The number of fused-ring (bicyclic) bond motifs is 1. The van der Waals surface area contributed by atoms with Crippen LogP contribution in [0.4, 0.5) is 4.79 Å². The molecule has 0 aromatic carbocycles. The lowest BCUT2D eigenvalue weighted by atomic mass is 10.1. The van der Waals surface area contributed by atoms with Gasteiger partial charge in [0.2, 0.25) is 0 Å². The van der Waals surface area contributed by atoms with Crippen LogP contribution in [0.3, 0.4) is 0 Å². The van der Waals surface area contributed by atoms with Crippen LogP contribution in [0.2, 0.25) is 5.15 Å². The maximum absolute atomic E-state index is 12.4. The van der Waals surface area contributed by atoms with E-state index in [2.05, 4.69) is 39.1 Å². The van der Waals surface area contributed by atoms with Gasteiger partial charge in [0, 0.05) is 23.4 Å². The summed E-state index contributed by atoms with van der Waals surface area (Å²) in [6.07, 6.45) is 5.47. The molecule has 0 N–H and O–H groups in total. The maximum atomic E-state index is 12.4. The Bertz CT molecular complexity index is 785. The van der Waals surface area contributed by atoms with Gasteiger partial charge in [0.25, 0.3) is 0 Å². The average molecular weight is 477 g/mol. The fourth-order valence-corrected chi connectivity index (χ4v) is 3.66. The van der Waals surface area contributed by atoms with Crippen LogP contribution in [0, 0.1) is 3.57 Å². The van der Waals surface area contributed by atoms with Gasteiger partial charge in [-0.15, -0.1) is 6.58 Å². The van der Waals surface area contributed by atoms with Crippen molar-refractivity contribution < 1.29 is 9.53 Å². The summed E-state index contributed by atoms with van der Waals surface area (Å²) in [7, 11) is 1.74. The Balaban J connectivity index is 2.29. The molecule has 0 saturated heterocycles. The molecule has 0 saturated carbocycles. The van der Waals surface area contributed by atoms with Crippen molar-refractivity contribution in [2.45, 2.75) is 45.4 Å². The molecular formula is C17H22ClIN4O2. The normalized spacial score (nSPS) is 12.9. The molecule has 2 rings (SSSR count). The molecule has 0 radical (unpaired) electrons. The Morgan fingerprint density at radius 1 is 1.52 bits per heavy atom. The lowest BCUT2D eigenvalue weighted by Gasteiger charge is -2.30. The third-order valence-electron chi connectivity index (χ3n) is 3.64. The van der Waals surface area contributed by atoms with E-state index in [4.69, 9.17) is 16.3 Å². The second kappa shape index (κ2) is 7.90. The van der Waals surface area contributed by atoms with Crippen molar-refractivity contribution in [1.29, 1.82) is 0 Å². The Hall–Kier alpha value is -1.35. The van der Waals surface area contributed by atoms with Crippen LogP contribution < -0.4 is 0 Å². The molecule has 0 fully saturated rings. The fraction of sp³-hybridized carbons (Fsp3) is 0.471. The van der Waals surface area contributed by atoms with Gasteiger partial charge < -0.3 is 14.2 Å². The highest BCUT2D eigenvalue weighted by atomic mass is 127. The van der Waals surface area contributed by atoms with Crippen molar-refractivity contribution in [3.63, 3.8) is 0 Å². The lowest BCUT2D eigenvalue weighted by Crippen LogP contribution is -2.42. The quantitative estimate of drug-likeness (QED) is 0.362. The topological polar surface area (TPSA) is 60.2 Å². The first-order valence-electron chi connectivity index (χ1n) is 7.85. The van der Waals surface area contributed by atoms with E-state index >= 15 is 0 Å². The number of nitrogens with zero attached hydrogens (tertiary/aromatic N) is 4. The van der Waals surface area contributed by atoms with Gasteiger partial charge in [0.1, 0.15) is 22.7 Å². The molecule has 0 spiro atoms. The maximum Gasteiger partial charge on any atom is 0.410 e. The van der Waals surface area contributed by atoms with Crippen LogP contribution in [0.5, 0.6) is 0 Å². The van der Waals surface area contributed by atoms with Crippen LogP contribution in [0.15, 0.2) is 25.2 Å². The van der Waals surface area contributed by atoms with E-state index in [-0.39, 0.29) is 12.1 Å². The molecule has 8 heteroatoms. The van der Waals surface area contributed by atoms with Crippen molar-refractivity contribution >= 4 is 51.3 Å². The second-order valence-corrected chi connectivity index (χ2v) is 8.28. The van der Waals surface area contributed by atoms with Gasteiger partial charge in [-0.25, -0.2) is 14.8 Å². The minimum absolute atomic E-state index is 0.118. The highest BCUT2D eigenvalue weighted by Gasteiger charge is 2.26. The zero-order valence-electron chi connectivity index (χ0n) is 14.8. The Kier molecular flexibility index (Phi) is 6.31. The highest BCUT2D eigenvalue weighted by Crippen LogP contribution is 2.27. The van der Waals surface area contributed by atoms with Crippen LogP contribution in [-0.2, 0) is 11.3 Å². The highest BCUT2D eigenvalue weighted by molar-refractivity contribution is 14.1. The van der Waals surface area contributed by atoms with Gasteiger partial charge in [-0.05, 0) is 49.8 Å². The summed E-state index contributed by atoms with van der Waals surface area (Å²) in [6, 6.07) is -0.118. The molecule has 1 amide bonds. The fourth-order valence-electron chi connectivity index (χ4n) is 2.44. The van der Waals surface area contributed by atoms with Gasteiger partial charge in [0.15, 0.2) is 0 Å². The molecule has 136 valence electrons. The number of carbonyl (C=O) groups is 1. The number of hydrogen-bond donors (Lipinski definition) is 0. The van der Waals surface area contributed by atoms with Crippen molar-refractivity contribution in [1.82, 2.24) is 19.4 Å². The van der Waals surface area contributed by atoms with E-state index in [1.165, 1.54) is 6.33 Å². The van der Waals surface area contributed by atoms with Gasteiger partial charge >= 0.3 is 6.09 Å². The predicted molar refractivity (Wildman–Crippen MR) is 108 cm³/mol. The number of aromatic nitrogens is 3. The minimum Gasteiger partial charge on any atom is -0.444 e. The standard InChI is InChI=1S/C17H22ClIN4O2/c1-6-7-11(22(5)16(24)25-17(2,3)4)8-23-9-12(19)13-14(18)20-10-21-15(13)23/h6,9-11H,1,7-8H2,2-5H3/t11-/m1/s1. The molecule has 2 aromatic heterocycles. The minimum atomic E-state index is -0.541. The average Bonchev–Trinajstić information content (AvgIpc) is 2.82. The first-order valence-corrected chi connectivity index (χ1v) is 9.31. The van der Waals surface area contributed by atoms with Gasteiger partial charge in [-0.3, -0.25) is 0 Å². The molecule has 0 bridgehead atoms. The third-order valence-corrected chi connectivity index (χ3v) is 4.74. The number of ether oxygens (including phenoxy) is 1. The molecular weight excluding hydrogens is 455 g/mol. The molecule has 2 heterocycles. The van der Waals surface area contributed by atoms with Crippen molar-refractivity contribution in [2.24, 2.45) is 0 Å².